The SMILES string of the molecule is CC(C)(C)[Si](C)(C)OCCc1ncccc1C(=O)N1CCCCC1CO. The lowest BCUT2D eigenvalue weighted by atomic mass is 10.0. The number of aromatic nitrogens is 1. The molecule has 1 fully saturated rings. The van der Waals surface area contributed by atoms with Crippen molar-refractivity contribution in [3.05, 3.63) is 29.6 Å². The van der Waals surface area contributed by atoms with E-state index in [1.165, 1.54) is 0 Å². The van der Waals surface area contributed by atoms with Gasteiger partial charge in [0.15, 0.2) is 8.32 Å². The standard InChI is InChI=1S/C20H34N2O3Si/c1-20(2,3)26(4,5)25-14-11-18-17(10-8-12-21-18)19(24)22-13-7-6-9-16(22)15-23/h8,10,12,16,23H,6-7,9,11,13-15H2,1-5H3. The van der Waals surface area contributed by atoms with E-state index in [1.54, 1.807) is 6.20 Å². The molecule has 0 aromatic carbocycles. The van der Waals surface area contributed by atoms with E-state index in [1.807, 2.05) is 17.0 Å². The number of aliphatic hydroxyl groups excluding tert-OH is 1. The molecule has 146 valence electrons. The Morgan fingerprint density at radius 2 is 2.12 bits per heavy atom. The van der Waals surface area contributed by atoms with Crippen molar-refractivity contribution in [1.29, 1.82) is 0 Å². The second-order valence-electron chi connectivity index (χ2n) is 8.69. The molecule has 1 atom stereocenters. The van der Waals surface area contributed by atoms with E-state index in [4.69, 9.17) is 4.43 Å². The lowest BCUT2D eigenvalue weighted by molar-refractivity contribution is 0.0501. The minimum Gasteiger partial charge on any atom is -0.416 e. The van der Waals surface area contributed by atoms with Crippen LogP contribution in [0.3, 0.4) is 0 Å². The van der Waals surface area contributed by atoms with Crippen LogP contribution in [0.4, 0.5) is 0 Å². The Morgan fingerprint density at radius 1 is 1.38 bits per heavy atom. The van der Waals surface area contributed by atoms with E-state index in [0.717, 1.165) is 25.0 Å². The molecule has 1 saturated heterocycles. The van der Waals surface area contributed by atoms with Gasteiger partial charge in [0.1, 0.15) is 0 Å². The van der Waals surface area contributed by atoms with E-state index in [0.29, 0.717) is 25.1 Å². The first-order valence-corrected chi connectivity index (χ1v) is 12.6. The fraction of sp³-hybridized carbons (Fsp3) is 0.700. The highest BCUT2D eigenvalue weighted by Crippen LogP contribution is 2.36. The Hall–Kier alpha value is -1.24. The number of aliphatic hydroxyl groups is 1. The lowest BCUT2D eigenvalue weighted by Crippen LogP contribution is -2.46. The largest absolute Gasteiger partial charge is 0.416 e. The molecule has 1 aromatic heterocycles. The summed E-state index contributed by atoms with van der Waals surface area (Å²) >= 11 is 0. The van der Waals surface area contributed by atoms with Gasteiger partial charge in [-0.25, -0.2) is 0 Å². The Labute approximate surface area is 158 Å². The number of piperidine rings is 1. The highest BCUT2D eigenvalue weighted by atomic mass is 28.4. The van der Waals surface area contributed by atoms with Crippen molar-refractivity contribution in [1.82, 2.24) is 9.88 Å². The number of carbonyl (C=O) groups excluding carboxylic acids is 1. The quantitative estimate of drug-likeness (QED) is 0.768. The predicted octanol–water partition coefficient (Wildman–Crippen LogP) is 3.63. The molecule has 1 aliphatic heterocycles. The number of pyridine rings is 1. The minimum atomic E-state index is -1.81. The number of rotatable bonds is 6. The maximum Gasteiger partial charge on any atom is 0.256 e. The minimum absolute atomic E-state index is 0.0147. The monoisotopic (exact) mass is 378 g/mol. The summed E-state index contributed by atoms with van der Waals surface area (Å²) in [5.41, 5.74) is 1.44. The summed E-state index contributed by atoms with van der Waals surface area (Å²) in [7, 11) is -1.81. The van der Waals surface area contributed by atoms with Gasteiger partial charge in [-0.1, -0.05) is 20.8 Å². The van der Waals surface area contributed by atoms with Gasteiger partial charge in [0, 0.05) is 25.8 Å². The van der Waals surface area contributed by atoms with Crippen molar-refractivity contribution in [3.63, 3.8) is 0 Å². The third-order valence-electron chi connectivity index (χ3n) is 5.83. The van der Waals surface area contributed by atoms with E-state index in [9.17, 15) is 9.90 Å². The molecular formula is C20H34N2O3Si. The van der Waals surface area contributed by atoms with Crippen molar-refractivity contribution >= 4 is 14.2 Å². The van der Waals surface area contributed by atoms with E-state index >= 15 is 0 Å². The van der Waals surface area contributed by atoms with Gasteiger partial charge in [-0.2, -0.15) is 0 Å². The number of likely N-dealkylation sites (tertiary alicyclic amines) is 1. The first kappa shape index (κ1) is 21.1. The zero-order chi connectivity index (χ0) is 19.4. The molecule has 2 heterocycles. The highest BCUT2D eigenvalue weighted by molar-refractivity contribution is 6.74. The topological polar surface area (TPSA) is 62.7 Å². The summed E-state index contributed by atoms with van der Waals surface area (Å²) in [5.74, 6) is -0.0147. The Kier molecular flexibility index (Phi) is 6.99. The number of hydrogen-bond donors (Lipinski definition) is 1. The van der Waals surface area contributed by atoms with Crippen molar-refractivity contribution in [3.8, 4) is 0 Å². The van der Waals surface area contributed by atoms with Crippen LogP contribution in [0.2, 0.25) is 18.1 Å². The molecule has 0 spiro atoms. The van der Waals surface area contributed by atoms with Crippen LogP contribution >= 0.6 is 0 Å². The van der Waals surface area contributed by atoms with E-state index in [2.05, 4.69) is 38.8 Å². The molecular weight excluding hydrogens is 344 g/mol. The molecule has 0 radical (unpaired) electrons. The van der Waals surface area contributed by atoms with Gasteiger partial charge >= 0.3 is 0 Å². The van der Waals surface area contributed by atoms with Crippen LogP contribution in [-0.2, 0) is 10.8 Å². The van der Waals surface area contributed by atoms with Gasteiger partial charge in [0.25, 0.3) is 5.91 Å². The summed E-state index contributed by atoms with van der Waals surface area (Å²) in [4.78, 5) is 19.3. The van der Waals surface area contributed by atoms with Crippen LogP contribution in [0, 0.1) is 0 Å². The molecule has 5 nitrogen and oxygen atoms in total. The maximum atomic E-state index is 13.1. The van der Waals surface area contributed by atoms with Crippen molar-refractivity contribution in [2.24, 2.45) is 0 Å². The summed E-state index contributed by atoms with van der Waals surface area (Å²) in [5, 5.41) is 9.77. The van der Waals surface area contributed by atoms with Crippen LogP contribution in [0.25, 0.3) is 0 Å². The van der Waals surface area contributed by atoms with Gasteiger partial charge in [-0.05, 0) is 49.5 Å². The maximum absolute atomic E-state index is 13.1. The third-order valence-corrected chi connectivity index (χ3v) is 10.4. The molecule has 1 amide bonds. The van der Waals surface area contributed by atoms with Crippen LogP contribution in [0.15, 0.2) is 18.3 Å². The zero-order valence-electron chi connectivity index (χ0n) is 16.9. The molecule has 0 saturated carbocycles. The second-order valence-corrected chi connectivity index (χ2v) is 13.5. The first-order chi connectivity index (χ1) is 12.2. The zero-order valence-corrected chi connectivity index (χ0v) is 17.9. The van der Waals surface area contributed by atoms with Crippen molar-refractivity contribution in [2.45, 2.75) is 70.6 Å². The smallest absolute Gasteiger partial charge is 0.256 e. The van der Waals surface area contributed by atoms with Crippen molar-refractivity contribution in [2.75, 3.05) is 19.8 Å². The summed E-state index contributed by atoms with van der Waals surface area (Å²) in [6, 6.07) is 3.58. The average Bonchev–Trinajstić information content (AvgIpc) is 2.60. The number of carbonyl (C=O) groups is 1. The van der Waals surface area contributed by atoms with E-state index < -0.39 is 8.32 Å². The molecule has 6 heteroatoms. The molecule has 0 bridgehead atoms. The predicted molar refractivity (Wildman–Crippen MR) is 107 cm³/mol. The van der Waals surface area contributed by atoms with Gasteiger partial charge in [-0.3, -0.25) is 9.78 Å². The van der Waals surface area contributed by atoms with Gasteiger partial charge in [-0.15, -0.1) is 0 Å². The first-order valence-electron chi connectivity index (χ1n) is 9.67. The molecule has 1 N–H and O–H groups in total. The number of amides is 1. The molecule has 1 unspecified atom stereocenters. The normalized spacial score (nSPS) is 18.8. The summed E-state index contributed by atoms with van der Waals surface area (Å²) in [6.45, 7) is 12.4. The Bertz CT molecular complexity index is 613. The van der Waals surface area contributed by atoms with Crippen LogP contribution in [0.1, 0.15) is 56.1 Å². The Morgan fingerprint density at radius 3 is 2.77 bits per heavy atom. The summed E-state index contributed by atoms with van der Waals surface area (Å²) in [6.07, 6.45) is 5.29. The lowest BCUT2D eigenvalue weighted by Gasteiger charge is -2.36. The van der Waals surface area contributed by atoms with Gasteiger partial charge in [0.2, 0.25) is 0 Å². The Balaban J connectivity index is 2.09. The fourth-order valence-electron chi connectivity index (χ4n) is 3.06. The highest BCUT2D eigenvalue weighted by Gasteiger charge is 2.37. The van der Waals surface area contributed by atoms with E-state index in [-0.39, 0.29) is 23.6 Å². The summed E-state index contributed by atoms with van der Waals surface area (Å²) < 4.78 is 6.25. The molecule has 1 aromatic rings. The van der Waals surface area contributed by atoms with Crippen LogP contribution in [-0.4, -0.2) is 55.0 Å². The fourth-order valence-corrected chi connectivity index (χ4v) is 4.11. The number of nitrogens with zero attached hydrogens (tertiary/aromatic N) is 2. The van der Waals surface area contributed by atoms with Gasteiger partial charge < -0.3 is 14.4 Å². The molecule has 2 rings (SSSR count). The second kappa shape index (κ2) is 8.63. The molecule has 26 heavy (non-hydrogen) atoms. The van der Waals surface area contributed by atoms with Gasteiger partial charge in [0.05, 0.1) is 23.9 Å². The average molecular weight is 379 g/mol. The number of hydrogen-bond acceptors (Lipinski definition) is 4. The molecule has 0 aliphatic carbocycles. The third kappa shape index (κ3) is 4.93. The van der Waals surface area contributed by atoms with Crippen molar-refractivity contribution < 1.29 is 14.3 Å². The molecule has 1 aliphatic rings. The van der Waals surface area contributed by atoms with Crippen LogP contribution < -0.4 is 0 Å². The van der Waals surface area contributed by atoms with Crippen LogP contribution in [0.5, 0.6) is 0 Å².